The van der Waals surface area contributed by atoms with Gasteiger partial charge in [0, 0.05) is 17.5 Å². The van der Waals surface area contributed by atoms with Crippen molar-refractivity contribution in [3.8, 4) is 5.75 Å². The minimum Gasteiger partial charge on any atom is -0.480 e. The number of ether oxygens (including phenoxy) is 1. The molecule has 1 aromatic carbocycles. The molecule has 4 nitrogen and oxygen atoms in total. The number of halogens is 1. The maximum absolute atomic E-state index is 12.2. The van der Waals surface area contributed by atoms with E-state index in [-0.39, 0.29) is 11.9 Å². The molecule has 1 atom stereocenters. The summed E-state index contributed by atoms with van der Waals surface area (Å²) in [5.41, 5.74) is 1.01. The van der Waals surface area contributed by atoms with Crippen LogP contribution in [0.1, 0.15) is 18.4 Å². The van der Waals surface area contributed by atoms with E-state index in [1.165, 1.54) is 0 Å². The second kappa shape index (κ2) is 5.39. The third kappa shape index (κ3) is 2.85. The quantitative estimate of drug-likeness (QED) is 0.863. The number of rotatable bonds is 2. The van der Waals surface area contributed by atoms with Gasteiger partial charge in [-0.05, 0) is 49.7 Å². The summed E-state index contributed by atoms with van der Waals surface area (Å²) in [6.07, 6.45) is 2.16. The molecule has 2 aliphatic rings. The first kappa shape index (κ1) is 12.8. The zero-order chi connectivity index (χ0) is 13.2. The minimum absolute atomic E-state index is 0.0146. The molecule has 1 unspecified atom stereocenters. The van der Waals surface area contributed by atoms with Crippen molar-refractivity contribution in [3.63, 3.8) is 0 Å². The first-order valence-electron chi connectivity index (χ1n) is 6.68. The van der Waals surface area contributed by atoms with Crippen LogP contribution in [0.15, 0.2) is 18.2 Å². The fourth-order valence-corrected chi connectivity index (χ4v) is 2.82. The molecule has 19 heavy (non-hydrogen) atoms. The molecule has 5 heteroatoms. The van der Waals surface area contributed by atoms with Gasteiger partial charge in [0.2, 0.25) is 0 Å². The minimum atomic E-state index is -0.414. The largest absolute Gasteiger partial charge is 0.480 e. The Morgan fingerprint density at radius 3 is 2.95 bits per heavy atom. The number of carbonyl (C=O) groups excluding carboxylic acids is 1. The van der Waals surface area contributed by atoms with Gasteiger partial charge < -0.3 is 15.4 Å². The number of carbonyl (C=O) groups is 1. The van der Waals surface area contributed by atoms with Gasteiger partial charge in [-0.3, -0.25) is 4.79 Å². The summed E-state index contributed by atoms with van der Waals surface area (Å²) in [6, 6.07) is 5.75. The molecule has 1 amide bonds. The van der Waals surface area contributed by atoms with E-state index < -0.39 is 6.10 Å². The van der Waals surface area contributed by atoms with Crippen LogP contribution in [0, 0.1) is 0 Å². The van der Waals surface area contributed by atoms with Crippen LogP contribution in [0.4, 0.5) is 0 Å². The number of fused-ring (bicyclic) bond motifs is 1. The highest BCUT2D eigenvalue weighted by molar-refractivity contribution is 6.30. The van der Waals surface area contributed by atoms with Gasteiger partial charge >= 0.3 is 0 Å². The molecule has 102 valence electrons. The lowest BCUT2D eigenvalue weighted by Gasteiger charge is -2.24. The Balaban J connectivity index is 1.60. The van der Waals surface area contributed by atoms with E-state index in [0.717, 1.165) is 37.2 Å². The van der Waals surface area contributed by atoms with Crippen molar-refractivity contribution in [2.24, 2.45) is 0 Å². The summed E-state index contributed by atoms with van der Waals surface area (Å²) in [7, 11) is 0. The van der Waals surface area contributed by atoms with Gasteiger partial charge in [0.15, 0.2) is 6.10 Å². The predicted molar refractivity (Wildman–Crippen MR) is 73.6 cm³/mol. The summed E-state index contributed by atoms with van der Waals surface area (Å²) in [6.45, 7) is 1.93. The number of amides is 1. The summed E-state index contributed by atoms with van der Waals surface area (Å²) in [5.74, 6) is 0.758. The van der Waals surface area contributed by atoms with Gasteiger partial charge in [-0.1, -0.05) is 11.6 Å². The maximum atomic E-state index is 12.2. The molecular weight excluding hydrogens is 264 g/mol. The van der Waals surface area contributed by atoms with Crippen molar-refractivity contribution >= 4 is 17.5 Å². The van der Waals surface area contributed by atoms with Gasteiger partial charge in [0.1, 0.15) is 5.75 Å². The highest BCUT2D eigenvalue weighted by Gasteiger charge is 2.30. The van der Waals surface area contributed by atoms with E-state index in [1.807, 2.05) is 12.1 Å². The summed E-state index contributed by atoms with van der Waals surface area (Å²) in [5, 5.41) is 7.04. The Hall–Kier alpha value is -1.26. The molecule has 0 spiro atoms. The number of benzene rings is 1. The van der Waals surface area contributed by atoms with Crippen molar-refractivity contribution < 1.29 is 9.53 Å². The molecule has 2 heterocycles. The lowest BCUT2D eigenvalue weighted by atomic mass is 10.1. The van der Waals surface area contributed by atoms with Crippen molar-refractivity contribution in [2.45, 2.75) is 31.4 Å². The molecule has 1 saturated heterocycles. The van der Waals surface area contributed by atoms with Crippen LogP contribution in [0.25, 0.3) is 0 Å². The number of piperidine rings is 1. The Bertz CT molecular complexity index is 486. The van der Waals surface area contributed by atoms with Crippen molar-refractivity contribution in [1.29, 1.82) is 0 Å². The molecule has 1 aromatic rings. The lowest BCUT2D eigenvalue weighted by molar-refractivity contribution is -0.128. The zero-order valence-corrected chi connectivity index (χ0v) is 11.4. The van der Waals surface area contributed by atoms with E-state index in [4.69, 9.17) is 16.3 Å². The molecule has 0 saturated carbocycles. The highest BCUT2D eigenvalue weighted by Crippen LogP contribution is 2.31. The topological polar surface area (TPSA) is 50.4 Å². The van der Waals surface area contributed by atoms with Crippen molar-refractivity contribution in [3.05, 3.63) is 28.8 Å². The maximum Gasteiger partial charge on any atom is 0.261 e. The van der Waals surface area contributed by atoms with Gasteiger partial charge in [0.25, 0.3) is 5.91 Å². The van der Waals surface area contributed by atoms with Crippen LogP contribution < -0.4 is 15.4 Å². The van der Waals surface area contributed by atoms with Gasteiger partial charge in [0.05, 0.1) is 0 Å². The number of hydrogen-bond donors (Lipinski definition) is 2. The molecule has 3 rings (SSSR count). The third-order valence-electron chi connectivity index (χ3n) is 3.68. The molecular formula is C14H17ClN2O2. The first-order valence-corrected chi connectivity index (χ1v) is 7.06. The summed E-state index contributed by atoms with van der Waals surface area (Å²) in [4.78, 5) is 12.2. The molecule has 0 radical (unpaired) electrons. The SMILES string of the molecule is O=C(NC1CCNCC1)C1Cc2cc(Cl)ccc2O1. The lowest BCUT2D eigenvalue weighted by Crippen LogP contribution is -2.47. The Labute approximate surface area is 117 Å². The average molecular weight is 281 g/mol. The third-order valence-corrected chi connectivity index (χ3v) is 3.91. The van der Waals surface area contributed by atoms with Crippen LogP contribution in [0.5, 0.6) is 5.75 Å². The number of hydrogen-bond acceptors (Lipinski definition) is 3. The fourth-order valence-electron chi connectivity index (χ4n) is 2.62. The normalized spacial score (nSPS) is 22.7. The Kier molecular flexibility index (Phi) is 3.62. The smallest absolute Gasteiger partial charge is 0.261 e. The molecule has 0 bridgehead atoms. The molecule has 1 fully saturated rings. The monoisotopic (exact) mass is 280 g/mol. The van der Waals surface area contributed by atoms with Crippen LogP contribution in [0.3, 0.4) is 0 Å². The first-order chi connectivity index (χ1) is 9.22. The Morgan fingerprint density at radius 1 is 1.37 bits per heavy atom. The van der Waals surface area contributed by atoms with Crippen molar-refractivity contribution in [2.75, 3.05) is 13.1 Å². The second-order valence-corrected chi connectivity index (χ2v) is 5.53. The molecule has 0 aliphatic carbocycles. The highest BCUT2D eigenvalue weighted by atomic mass is 35.5. The molecule has 0 aromatic heterocycles. The standard InChI is InChI=1S/C14H17ClN2O2/c15-10-1-2-12-9(7-10)8-13(19-12)14(18)17-11-3-5-16-6-4-11/h1-2,7,11,13,16H,3-6,8H2,(H,17,18). The van der Waals surface area contributed by atoms with Crippen LogP contribution in [-0.4, -0.2) is 31.1 Å². The fraction of sp³-hybridized carbons (Fsp3) is 0.500. The predicted octanol–water partition coefficient (Wildman–Crippen LogP) is 1.51. The summed E-state index contributed by atoms with van der Waals surface area (Å²) < 4.78 is 5.68. The van der Waals surface area contributed by atoms with Crippen LogP contribution >= 0.6 is 11.6 Å². The zero-order valence-electron chi connectivity index (χ0n) is 10.6. The van der Waals surface area contributed by atoms with Crippen LogP contribution in [0.2, 0.25) is 5.02 Å². The Morgan fingerprint density at radius 2 is 2.16 bits per heavy atom. The van der Waals surface area contributed by atoms with E-state index in [9.17, 15) is 4.79 Å². The van der Waals surface area contributed by atoms with E-state index in [1.54, 1.807) is 6.07 Å². The number of nitrogens with one attached hydrogen (secondary N) is 2. The van der Waals surface area contributed by atoms with E-state index in [2.05, 4.69) is 10.6 Å². The molecule has 2 aliphatic heterocycles. The van der Waals surface area contributed by atoms with Gasteiger partial charge in [-0.25, -0.2) is 0 Å². The van der Waals surface area contributed by atoms with Crippen LogP contribution in [-0.2, 0) is 11.2 Å². The van der Waals surface area contributed by atoms with Crippen molar-refractivity contribution in [1.82, 2.24) is 10.6 Å². The van der Waals surface area contributed by atoms with E-state index >= 15 is 0 Å². The second-order valence-electron chi connectivity index (χ2n) is 5.10. The average Bonchev–Trinajstić information content (AvgIpc) is 2.83. The van der Waals surface area contributed by atoms with Gasteiger partial charge in [-0.2, -0.15) is 0 Å². The summed E-state index contributed by atoms with van der Waals surface area (Å²) >= 11 is 5.94. The molecule has 2 N–H and O–H groups in total. The van der Waals surface area contributed by atoms with E-state index in [0.29, 0.717) is 11.4 Å². The van der Waals surface area contributed by atoms with Gasteiger partial charge in [-0.15, -0.1) is 0 Å².